The Morgan fingerprint density at radius 3 is 2.62 bits per heavy atom. The molecule has 3 amide bonds. The number of rotatable bonds is 10. The van der Waals surface area contributed by atoms with Crippen LogP contribution in [0.15, 0.2) is 23.1 Å². The Bertz CT molecular complexity index is 815. The Hall–Kier alpha value is -2.14. The Kier molecular flexibility index (Phi) is 7.48. The van der Waals surface area contributed by atoms with E-state index >= 15 is 0 Å². The summed E-state index contributed by atoms with van der Waals surface area (Å²) in [6.45, 7) is 2.26. The number of carbonyl (C=O) groups excluding carboxylic acids is 3. The van der Waals surface area contributed by atoms with E-state index in [1.165, 1.54) is 4.90 Å². The molecule has 158 valence electrons. The van der Waals surface area contributed by atoms with Crippen molar-refractivity contribution in [2.45, 2.75) is 30.3 Å². The van der Waals surface area contributed by atoms with Gasteiger partial charge >= 0.3 is 0 Å². The molecule has 1 fully saturated rings. The van der Waals surface area contributed by atoms with Crippen LogP contribution in [0.25, 0.3) is 0 Å². The molecule has 0 aliphatic carbocycles. The van der Waals surface area contributed by atoms with Crippen LogP contribution in [0, 0.1) is 0 Å². The molecule has 2 aliphatic rings. The molecule has 29 heavy (non-hydrogen) atoms. The Morgan fingerprint density at radius 2 is 1.90 bits per heavy atom. The van der Waals surface area contributed by atoms with Crippen molar-refractivity contribution in [3.8, 4) is 0 Å². The summed E-state index contributed by atoms with van der Waals surface area (Å²) in [5, 5.41) is 2.28. The fraction of sp³-hybridized carbons (Fsp3) is 0.526. The number of carbonyl (C=O) groups is 3. The average molecular weight is 423 g/mol. The van der Waals surface area contributed by atoms with Gasteiger partial charge in [-0.25, -0.2) is 0 Å². The Labute approximate surface area is 171 Å². The van der Waals surface area contributed by atoms with E-state index in [-0.39, 0.29) is 24.8 Å². The van der Waals surface area contributed by atoms with Crippen LogP contribution in [-0.4, -0.2) is 71.6 Å². The second kappa shape index (κ2) is 10.1. The van der Waals surface area contributed by atoms with E-state index in [1.54, 1.807) is 18.2 Å². The molecule has 3 N–H and O–H groups in total. The molecule has 1 aromatic carbocycles. The van der Waals surface area contributed by atoms with Gasteiger partial charge in [-0.3, -0.25) is 23.9 Å². The second-order valence-electron chi connectivity index (χ2n) is 6.75. The summed E-state index contributed by atoms with van der Waals surface area (Å²) >= 11 is 0. The van der Waals surface area contributed by atoms with Crippen LogP contribution in [0.1, 0.15) is 28.8 Å². The van der Waals surface area contributed by atoms with Crippen molar-refractivity contribution < 1.29 is 28.1 Å². The van der Waals surface area contributed by atoms with Gasteiger partial charge in [0.25, 0.3) is 5.91 Å². The van der Waals surface area contributed by atoms with Crippen molar-refractivity contribution in [3.05, 3.63) is 29.3 Å². The van der Waals surface area contributed by atoms with Gasteiger partial charge in [-0.1, -0.05) is 6.07 Å². The Balaban J connectivity index is 1.60. The molecule has 2 heterocycles. The number of hydrogen-bond donors (Lipinski definition) is 2. The number of nitrogens with two attached hydrogens (primary N) is 1. The summed E-state index contributed by atoms with van der Waals surface area (Å²) in [7, 11) is -1.34. The van der Waals surface area contributed by atoms with Gasteiger partial charge in [0.15, 0.2) is 0 Å². The molecule has 3 rings (SSSR count). The molecule has 0 spiro atoms. The molecule has 0 radical (unpaired) electrons. The number of fused-ring (bicyclic) bond motifs is 1. The van der Waals surface area contributed by atoms with Crippen molar-refractivity contribution >= 4 is 28.5 Å². The van der Waals surface area contributed by atoms with Crippen LogP contribution in [0.5, 0.6) is 0 Å². The smallest absolute Gasteiger partial charge is 0.255 e. The summed E-state index contributed by atoms with van der Waals surface area (Å²) in [6, 6.07) is 4.42. The highest BCUT2D eigenvalue weighted by molar-refractivity contribution is 7.85. The molecule has 0 aromatic heterocycles. The highest BCUT2D eigenvalue weighted by Crippen LogP contribution is 2.31. The van der Waals surface area contributed by atoms with E-state index < -0.39 is 22.7 Å². The first kappa shape index (κ1) is 21.6. The SMILES string of the molecule is NCCOCCOCCS(=O)c1cccc2c1CN(C1CCC(=O)NC1=O)C2=O. The predicted molar refractivity (Wildman–Crippen MR) is 104 cm³/mol. The number of hydrogen-bond acceptors (Lipinski definition) is 7. The highest BCUT2D eigenvalue weighted by atomic mass is 32.2. The van der Waals surface area contributed by atoms with Crippen LogP contribution < -0.4 is 11.1 Å². The zero-order chi connectivity index (χ0) is 20.8. The average Bonchev–Trinajstić information content (AvgIpc) is 3.04. The first-order valence-corrected chi connectivity index (χ1v) is 10.8. The van der Waals surface area contributed by atoms with Gasteiger partial charge in [0.1, 0.15) is 6.04 Å². The van der Waals surface area contributed by atoms with Gasteiger partial charge in [-0.2, -0.15) is 0 Å². The lowest BCUT2D eigenvalue weighted by Crippen LogP contribution is -2.52. The molecule has 10 heteroatoms. The molecule has 2 unspecified atom stereocenters. The van der Waals surface area contributed by atoms with Crippen LogP contribution >= 0.6 is 0 Å². The normalized spacial score (nSPS) is 20.0. The summed E-state index contributed by atoms with van der Waals surface area (Å²) in [5.41, 5.74) is 6.46. The number of imide groups is 1. The van der Waals surface area contributed by atoms with Crippen molar-refractivity contribution in [1.82, 2.24) is 10.2 Å². The largest absolute Gasteiger partial charge is 0.378 e. The van der Waals surface area contributed by atoms with E-state index in [1.807, 2.05) is 0 Å². The lowest BCUT2D eigenvalue weighted by atomic mass is 10.0. The number of nitrogens with zero attached hydrogens (tertiary/aromatic N) is 1. The first-order chi connectivity index (χ1) is 14.0. The van der Waals surface area contributed by atoms with Gasteiger partial charge in [0.05, 0.1) is 43.0 Å². The second-order valence-corrected chi connectivity index (χ2v) is 8.28. The minimum absolute atomic E-state index is 0.196. The molecule has 1 saturated heterocycles. The predicted octanol–water partition coefficient (Wildman–Crippen LogP) is -0.453. The van der Waals surface area contributed by atoms with Crippen LogP contribution in [0.4, 0.5) is 0 Å². The fourth-order valence-electron chi connectivity index (χ4n) is 3.42. The monoisotopic (exact) mass is 423 g/mol. The maximum atomic E-state index is 12.8. The first-order valence-electron chi connectivity index (χ1n) is 9.53. The van der Waals surface area contributed by atoms with Gasteiger partial charge in [-0.15, -0.1) is 0 Å². The number of nitrogens with one attached hydrogen (secondary N) is 1. The van der Waals surface area contributed by atoms with Gasteiger partial charge in [0, 0.05) is 35.5 Å². The standard InChI is InChI=1S/C19H25N3O6S/c20-6-7-27-8-9-28-10-11-29(26)16-3-1-2-13-14(16)12-22(19(13)25)15-4-5-17(23)21-18(15)24/h1-3,15H,4-12,20H2,(H,21,23,24). The van der Waals surface area contributed by atoms with Crippen molar-refractivity contribution in [3.63, 3.8) is 0 Å². The summed E-state index contributed by atoms with van der Waals surface area (Å²) in [6.07, 6.45) is 0.491. The Morgan fingerprint density at radius 1 is 1.14 bits per heavy atom. The maximum absolute atomic E-state index is 12.8. The van der Waals surface area contributed by atoms with E-state index in [9.17, 15) is 18.6 Å². The summed E-state index contributed by atoms with van der Waals surface area (Å²) < 4.78 is 23.4. The molecule has 2 atom stereocenters. The van der Waals surface area contributed by atoms with E-state index in [4.69, 9.17) is 15.2 Å². The third kappa shape index (κ3) is 5.08. The van der Waals surface area contributed by atoms with Crippen molar-refractivity contribution in [2.24, 2.45) is 5.73 Å². The molecular weight excluding hydrogens is 398 g/mol. The van der Waals surface area contributed by atoms with Crippen LogP contribution in [0.2, 0.25) is 0 Å². The molecule has 9 nitrogen and oxygen atoms in total. The topological polar surface area (TPSA) is 128 Å². The van der Waals surface area contributed by atoms with Crippen LogP contribution in [0.3, 0.4) is 0 Å². The third-order valence-electron chi connectivity index (χ3n) is 4.83. The van der Waals surface area contributed by atoms with E-state index in [0.29, 0.717) is 61.2 Å². The van der Waals surface area contributed by atoms with Crippen LogP contribution in [-0.2, 0) is 36.4 Å². The minimum atomic E-state index is -1.34. The lowest BCUT2D eigenvalue weighted by Gasteiger charge is -2.29. The minimum Gasteiger partial charge on any atom is -0.378 e. The number of amides is 3. The molecule has 2 aliphatic heterocycles. The summed E-state index contributed by atoms with van der Waals surface area (Å²) in [5.74, 6) is -0.775. The highest BCUT2D eigenvalue weighted by Gasteiger charge is 2.40. The molecule has 0 saturated carbocycles. The summed E-state index contributed by atoms with van der Waals surface area (Å²) in [4.78, 5) is 38.4. The van der Waals surface area contributed by atoms with E-state index in [0.717, 1.165) is 0 Å². The number of benzene rings is 1. The quantitative estimate of drug-likeness (QED) is 0.385. The van der Waals surface area contributed by atoms with Gasteiger partial charge < -0.3 is 20.1 Å². The number of piperidine rings is 1. The molecule has 1 aromatic rings. The fourth-order valence-corrected chi connectivity index (χ4v) is 4.59. The molecular formula is C19H25N3O6S. The third-order valence-corrected chi connectivity index (χ3v) is 6.24. The lowest BCUT2D eigenvalue weighted by molar-refractivity contribution is -0.136. The van der Waals surface area contributed by atoms with Crippen molar-refractivity contribution in [2.75, 3.05) is 38.7 Å². The van der Waals surface area contributed by atoms with Gasteiger partial charge in [-0.05, 0) is 18.6 Å². The molecule has 0 bridgehead atoms. The number of ether oxygens (including phenoxy) is 2. The van der Waals surface area contributed by atoms with E-state index in [2.05, 4.69) is 5.32 Å². The van der Waals surface area contributed by atoms with Gasteiger partial charge in [0.2, 0.25) is 11.8 Å². The van der Waals surface area contributed by atoms with Crippen molar-refractivity contribution in [1.29, 1.82) is 0 Å². The zero-order valence-corrected chi connectivity index (χ0v) is 16.9. The zero-order valence-electron chi connectivity index (χ0n) is 16.1. The maximum Gasteiger partial charge on any atom is 0.255 e.